The summed E-state index contributed by atoms with van der Waals surface area (Å²) >= 11 is 0. The molecule has 1 heterocycles. The molecule has 1 aromatic rings. The molecule has 0 aliphatic carbocycles. The summed E-state index contributed by atoms with van der Waals surface area (Å²) < 4.78 is 39.0. The highest BCUT2D eigenvalue weighted by molar-refractivity contribution is 5.48. The van der Waals surface area contributed by atoms with Gasteiger partial charge in [-0.15, -0.1) is 0 Å². The average Bonchev–Trinajstić information content (AvgIpc) is 2.27. The number of piperazine rings is 1. The van der Waals surface area contributed by atoms with Crippen molar-refractivity contribution < 1.29 is 13.2 Å². The zero-order valence-corrected chi connectivity index (χ0v) is 8.06. The Kier molecular flexibility index (Phi) is 2.81. The fourth-order valence-corrected chi connectivity index (χ4v) is 1.67. The third-order valence-electron chi connectivity index (χ3n) is 2.47. The van der Waals surface area contributed by atoms with Crippen LogP contribution in [0.2, 0.25) is 0 Å². The smallest absolute Gasteiger partial charge is 0.196 e. The summed E-state index contributed by atoms with van der Waals surface area (Å²) in [5, 5.41) is 3.10. The van der Waals surface area contributed by atoms with Crippen molar-refractivity contribution in [2.75, 3.05) is 31.1 Å². The minimum absolute atomic E-state index is 0.135. The standard InChI is InChI=1S/C10H11F3N2/c11-7-1-2-8(10(13)9(7)12)15-5-3-14-4-6-15/h1-2,14H,3-6H2. The Labute approximate surface area is 85.7 Å². The van der Waals surface area contributed by atoms with Crippen LogP contribution in [0.5, 0.6) is 0 Å². The Bertz CT molecular complexity index is 362. The molecule has 0 radical (unpaired) electrons. The lowest BCUT2D eigenvalue weighted by Crippen LogP contribution is -2.44. The van der Waals surface area contributed by atoms with Crippen LogP contribution in [0.4, 0.5) is 18.9 Å². The van der Waals surface area contributed by atoms with E-state index < -0.39 is 17.5 Å². The largest absolute Gasteiger partial charge is 0.367 e. The van der Waals surface area contributed by atoms with Crippen LogP contribution < -0.4 is 10.2 Å². The van der Waals surface area contributed by atoms with Crippen LogP contribution in [0.1, 0.15) is 0 Å². The highest BCUT2D eigenvalue weighted by atomic mass is 19.2. The molecule has 0 amide bonds. The van der Waals surface area contributed by atoms with Crippen molar-refractivity contribution in [3.05, 3.63) is 29.6 Å². The molecule has 1 aliphatic heterocycles. The maximum atomic E-state index is 13.4. The lowest BCUT2D eigenvalue weighted by atomic mass is 10.2. The lowest BCUT2D eigenvalue weighted by molar-refractivity contribution is 0.444. The molecular weight excluding hydrogens is 205 g/mol. The monoisotopic (exact) mass is 216 g/mol. The molecule has 0 bridgehead atoms. The van der Waals surface area contributed by atoms with Gasteiger partial charge in [-0.05, 0) is 12.1 Å². The van der Waals surface area contributed by atoms with Gasteiger partial charge in [0, 0.05) is 26.2 Å². The van der Waals surface area contributed by atoms with Crippen LogP contribution in [0.15, 0.2) is 12.1 Å². The fourth-order valence-electron chi connectivity index (χ4n) is 1.67. The summed E-state index contributed by atoms with van der Waals surface area (Å²) in [6, 6.07) is 2.23. The first-order valence-corrected chi connectivity index (χ1v) is 4.79. The fraction of sp³-hybridized carbons (Fsp3) is 0.400. The van der Waals surface area contributed by atoms with Gasteiger partial charge in [-0.1, -0.05) is 0 Å². The number of anilines is 1. The number of nitrogens with one attached hydrogen (secondary N) is 1. The van der Waals surface area contributed by atoms with E-state index in [9.17, 15) is 13.2 Å². The van der Waals surface area contributed by atoms with Crippen molar-refractivity contribution in [2.45, 2.75) is 0 Å². The van der Waals surface area contributed by atoms with Gasteiger partial charge in [0.15, 0.2) is 17.5 Å². The number of hydrogen-bond donors (Lipinski definition) is 1. The zero-order chi connectivity index (χ0) is 10.8. The average molecular weight is 216 g/mol. The van der Waals surface area contributed by atoms with E-state index in [1.54, 1.807) is 4.90 Å². The maximum absolute atomic E-state index is 13.4. The summed E-state index contributed by atoms with van der Waals surface area (Å²) in [7, 11) is 0. The SMILES string of the molecule is Fc1ccc(N2CCNCC2)c(F)c1F. The summed E-state index contributed by atoms with van der Waals surface area (Å²) in [6.07, 6.45) is 0. The lowest BCUT2D eigenvalue weighted by Gasteiger charge is -2.29. The number of nitrogens with zero attached hydrogens (tertiary/aromatic N) is 1. The van der Waals surface area contributed by atoms with Gasteiger partial charge in [0.05, 0.1) is 5.69 Å². The van der Waals surface area contributed by atoms with Crippen molar-refractivity contribution >= 4 is 5.69 Å². The third kappa shape index (κ3) is 1.92. The van der Waals surface area contributed by atoms with E-state index in [1.807, 2.05) is 0 Å². The Morgan fingerprint density at radius 2 is 1.67 bits per heavy atom. The van der Waals surface area contributed by atoms with Gasteiger partial charge in [-0.3, -0.25) is 0 Å². The highest BCUT2D eigenvalue weighted by Gasteiger charge is 2.19. The maximum Gasteiger partial charge on any atom is 0.196 e. The van der Waals surface area contributed by atoms with Gasteiger partial charge >= 0.3 is 0 Å². The minimum atomic E-state index is -1.40. The van der Waals surface area contributed by atoms with Crippen molar-refractivity contribution in [1.82, 2.24) is 5.32 Å². The van der Waals surface area contributed by atoms with Crippen LogP contribution in [-0.4, -0.2) is 26.2 Å². The Balaban J connectivity index is 2.31. The van der Waals surface area contributed by atoms with Crippen molar-refractivity contribution in [3.8, 4) is 0 Å². The van der Waals surface area contributed by atoms with E-state index in [4.69, 9.17) is 0 Å². The van der Waals surface area contributed by atoms with Gasteiger partial charge in [0.25, 0.3) is 0 Å². The number of benzene rings is 1. The molecule has 0 spiro atoms. The van der Waals surface area contributed by atoms with Crippen LogP contribution in [0, 0.1) is 17.5 Å². The van der Waals surface area contributed by atoms with Crippen molar-refractivity contribution in [2.24, 2.45) is 0 Å². The van der Waals surface area contributed by atoms with Crippen LogP contribution in [-0.2, 0) is 0 Å². The van der Waals surface area contributed by atoms with Crippen LogP contribution in [0.25, 0.3) is 0 Å². The van der Waals surface area contributed by atoms with Crippen LogP contribution >= 0.6 is 0 Å². The predicted octanol–water partition coefficient (Wildman–Crippen LogP) is 1.51. The van der Waals surface area contributed by atoms with E-state index in [-0.39, 0.29) is 5.69 Å². The van der Waals surface area contributed by atoms with Crippen molar-refractivity contribution in [1.29, 1.82) is 0 Å². The molecule has 0 atom stereocenters. The molecule has 15 heavy (non-hydrogen) atoms. The molecule has 1 aromatic carbocycles. The quantitative estimate of drug-likeness (QED) is 0.716. The summed E-state index contributed by atoms with van der Waals surface area (Å²) in [6.45, 7) is 2.64. The van der Waals surface area contributed by atoms with E-state index in [0.717, 1.165) is 19.2 Å². The second-order valence-corrected chi connectivity index (χ2v) is 3.43. The Morgan fingerprint density at radius 3 is 2.33 bits per heavy atom. The first kappa shape index (κ1) is 10.3. The summed E-state index contributed by atoms with van der Waals surface area (Å²) in [5.74, 6) is -3.64. The van der Waals surface area contributed by atoms with Crippen LogP contribution in [0.3, 0.4) is 0 Å². The Morgan fingerprint density at radius 1 is 1.00 bits per heavy atom. The molecule has 2 nitrogen and oxygen atoms in total. The molecule has 0 saturated carbocycles. The predicted molar refractivity (Wildman–Crippen MR) is 51.4 cm³/mol. The molecule has 0 unspecified atom stereocenters. The van der Waals surface area contributed by atoms with Gasteiger partial charge in [-0.25, -0.2) is 13.2 Å². The van der Waals surface area contributed by atoms with E-state index in [2.05, 4.69) is 5.32 Å². The summed E-state index contributed by atoms with van der Waals surface area (Å²) in [4.78, 5) is 1.70. The minimum Gasteiger partial charge on any atom is -0.367 e. The molecular formula is C10H11F3N2. The van der Waals surface area contributed by atoms with Gasteiger partial charge < -0.3 is 10.2 Å². The van der Waals surface area contributed by atoms with E-state index in [1.165, 1.54) is 6.07 Å². The second-order valence-electron chi connectivity index (χ2n) is 3.43. The number of hydrogen-bond acceptors (Lipinski definition) is 2. The highest BCUT2D eigenvalue weighted by Crippen LogP contribution is 2.23. The first-order valence-electron chi connectivity index (χ1n) is 4.79. The van der Waals surface area contributed by atoms with Gasteiger partial charge in [-0.2, -0.15) is 0 Å². The molecule has 1 saturated heterocycles. The molecule has 1 aliphatic rings. The molecule has 2 rings (SSSR count). The molecule has 1 N–H and O–H groups in total. The van der Waals surface area contributed by atoms with Gasteiger partial charge in [0.1, 0.15) is 0 Å². The molecule has 82 valence electrons. The summed E-state index contributed by atoms with van der Waals surface area (Å²) in [5.41, 5.74) is 0.135. The molecule has 1 fully saturated rings. The Hall–Kier alpha value is -1.23. The zero-order valence-electron chi connectivity index (χ0n) is 8.06. The second kappa shape index (κ2) is 4.10. The van der Waals surface area contributed by atoms with E-state index >= 15 is 0 Å². The topological polar surface area (TPSA) is 15.3 Å². The van der Waals surface area contributed by atoms with Gasteiger partial charge in [0.2, 0.25) is 0 Å². The molecule has 0 aromatic heterocycles. The molecule has 5 heteroatoms. The normalized spacial score (nSPS) is 16.9. The number of halogens is 3. The number of rotatable bonds is 1. The first-order chi connectivity index (χ1) is 7.20. The third-order valence-corrected chi connectivity index (χ3v) is 2.47. The van der Waals surface area contributed by atoms with E-state index in [0.29, 0.717) is 13.1 Å². The van der Waals surface area contributed by atoms with Crippen molar-refractivity contribution in [3.63, 3.8) is 0 Å².